The average Bonchev–Trinajstić information content (AvgIpc) is 3.95. The summed E-state index contributed by atoms with van der Waals surface area (Å²) in [4.78, 5) is 30.1. The molecule has 2 aliphatic rings. The molecule has 236 valence electrons. The summed E-state index contributed by atoms with van der Waals surface area (Å²) in [6.07, 6.45) is 4.92. The molecule has 2 amide bonds. The molecule has 13 heteroatoms. The molecule has 2 fully saturated rings. The second-order valence-corrected chi connectivity index (χ2v) is 11.9. The van der Waals surface area contributed by atoms with Crippen LogP contribution in [0.1, 0.15) is 60.3 Å². The van der Waals surface area contributed by atoms with Crippen LogP contribution in [-0.2, 0) is 16.8 Å². The Morgan fingerprint density at radius 3 is 2.56 bits per heavy atom. The van der Waals surface area contributed by atoms with E-state index < -0.39 is 34.1 Å². The molecule has 2 aromatic heterocycles. The molecule has 0 unspecified atom stereocenters. The van der Waals surface area contributed by atoms with Crippen LogP contribution in [0.3, 0.4) is 0 Å². The van der Waals surface area contributed by atoms with E-state index in [1.165, 1.54) is 13.2 Å². The number of rotatable bonds is 12. The van der Waals surface area contributed by atoms with E-state index >= 15 is 4.39 Å². The number of nitrogens with one attached hydrogen (secondary N) is 1. The summed E-state index contributed by atoms with van der Waals surface area (Å²) in [5.74, 6) is -2.79. The van der Waals surface area contributed by atoms with E-state index in [1.54, 1.807) is 19.1 Å². The molecular weight excluding hydrogens is 608 g/mol. The number of aromatic nitrogens is 3. The lowest BCUT2D eigenvalue weighted by molar-refractivity contribution is -0.117. The number of benzene rings is 2. The number of primary amides is 1. The van der Waals surface area contributed by atoms with E-state index in [9.17, 15) is 19.1 Å². The Hall–Kier alpha value is -4.29. The minimum atomic E-state index is -1.73. The van der Waals surface area contributed by atoms with Crippen LogP contribution in [0.2, 0.25) is 5.02 Å². The van der Waals surface area contributed by atoms with E-state index in [4.69, 9.17) is 26.8 Å². The van der Waals surface area contributed by atoms with Crippen LogP contribution in [-0.4, -0.2) is 51.9 Å². The molecule has 0 saturated heterocycles. The Bertz CT molecular complexity index is 1820. The Morgan fingerprint density at radius 2 is 1.91 bits per heavy atom. The third-order valence-electron chi connectivity index (χ3n) is 8.18. The number of hydrogen-bond acceptors (Lipinski definition) is 7. The van der Waals surface area contributed by atoms with E-state index in [2.05, 4.69) is 15.4 Å². The fourth-order valence-corrected chi connectivity index (χ4v) is 5.73. The fraction of sp³-hybridized carbons (Fsp3) is 0.375. The SMILES string of the molecule is CCOc1c(CC(N)=O)cc([C@@](O)(CNC(=O)c2cc(OC)c3nn(C4CC4)cc3c2)C2CC2)nc1-c1cc(F)c(Cl)cc1F. The van der Waals surface area contributed by atoms with Crippen LogP contribution in [0.5, 0.6) is 11.5 Å². The Morgan fingerprint density at radius 1 is 1.16 bits per heavy atom. The molecule has 4 N–H and O–H groups in total. The minimum absolute atomic E-state index is 0.0231. The van der Waals surface area contributed by atoms with Gasteiger partial charge in [-0.1, -0.05) is 11.6 Å². The number of fused-ring (bicyclic) bond motifs is 1. The molecule has 10 nitrogen and oxygen atoms in total. The highest BCUT2D eigenvalue weighted by molar-refractivity contribution is 6.30. The first kappa shape index (κ1) is 30.7. The number of amides is 2. The summed E-state index contributed by atoms with van der Waals surface area (Å²) in [7, 11) is 1.51. The van der Waals surface area contributed by atoms with Gasteiger partial charge >= 0.3 is 0 Å². The van der Waals surface area contributed by atoms with Gasteiger partial charge in [0, 0.05) is 28.3 Å². The molecule has 6 rings (SSSR count). The number of halogens is 3. The van der Waals surface area contributed by atoms with Crippen LogP contribution in [0.15, 0.2) is 36.5 Å². The number of carbonyl (C=O) groups is 2. The van der Waals surface area contributed by atoms with E-state index in [0.29, 0.717) is 35.7 Å². The number of pyridine rings is 1. The van der Waals surface area contributed by atoms with Crippen molar-refractivity contribution in [1.29, 1.82) is 0 Å². The number of ether oxygens (including phenoxy) is 2. The van der Waals surface area contributed by atoms with Gasteiger partial charge in [0.05, 0.1) is 43.4 Å². The average molecular weight is 640 g/mol. The van der Waals surface area contributed by atoms with Gasteiger partial charge in [0.1, 0.15) is 39.9 Å². The van der Waals surface area contributed by atoms with Gasteiger partial charge in [0.25, 0.3) is 5.91 Å². The number of nitrogens with two attached hydrogens (primary N) is 1. The Kier molecular flexibility index (Phi) is 8.13. The number of methoxy groups -OCH3 is 1. The summed E-state index contributed by atoms with van der Waals surface area (Å²) in [5, 5.41) is 19.9. The second-order valence-electron chi connectivity index (χ2n) is 11.5. The molecular formula is C32H32ClF2N5O5. The molecule has 1 atom stereocenters. The lowest BCUT2D eigenvalue weighted by Gasteiger charge is -2.30. The van der Waals surface area contributed by atoms with Gasteiger partial charge in [-0.05, 0) is 68.9 Å². The van der Waals surface area contributed by atoms with Gasteiger partial charge in [-0.3, -0.25) is 14.3 Å². The predicted molar refractivity (Wildman–Crippen MR) is 162 cm³/mol. The third-order valence-corrected chi connectivity index (χ3v) is 8.47. The van der Waals surface area contributed by atoms with Crippen molar-refractivity contribution < 1.29 is 33.0 Å². The lowest BCUT2D eigenvalue weighted by Crippen LogP contribution is -2.43. The van der Waals surface area contributed by atoms with Gasteiger partial charge in [-0.25, -0.2) is 13.8 Å². The van der Waals surface area contributed by atoms with Crippen LogP contribution in [0.25, 0.3) is 22.2 Å². The van der Waals surface area contributed by atoms with E-state index in [-0.39, 0.29) is 53.8 Å². The Balaban J connectivity index is 1.38. The zero-order chi connectivity index (χ0) is 32.0. The summed E-state index contributed by atoms with van der Waals surface area (Å²) < 4.78 is 42.9. The van der Waals surface area contributed by atoms with E-state index in [1.807, 2.05) is 10.9 Å². The van der Waals surface area contributed by atoms with Crippen molar-refractivity contribution in [3.8, 4) is 22.8 Å². The van der Waals surface area contributed by atoms with Crippen LogP contribution in [0.4, 0.5) is 8.78 Å². The first-order valence-electron chi connectivity index (χ1n) is 14.7. The number of aliphatic hydroxyl groups is 1. The maximum Gasteiger partial charge on any atom is 0.251 e. The normalized spacial score (nSPS) is 16.0. The van der Waals surface area contributed by atoms with Crippen LogP contribution >= 0.6 is 11.6 Å². The highest BCUT2D eigenvalue weighted by Gasteiger charge is 2.47. The highest BCUT2D eigenvalue weighted by Crippen LogP contribution is 2.47. The molecule has 2 saturated carbocycles. The maximum absolute atomic E-state index is 15.2. The van der Waals surface area contributed by atoms with Crippen molar-refractivity contribution in [2.75, 3.05) is 20.3 Å². The fourth-order valence-electron chi connectivity index (χ4n) is 5.58. The molecule has 0 bridgehead atoms. The zero-order valence-electron chi connectivity index (χ0n) is 24.7. The smallest absolute Gasteiger partial charge is 0.251 e. The molecule has 0 aliphatic heterocycles. The summed E-state index contributed by atoms with van der Waals surface area (Å²) in [6, 6.07) is 6.82. The van der Waals surface area contributed by atoms with Crippen molar-refractivity contribution in [2.45, 2.75) is 50.7 Å². The highest BCUT2D eigenvalue weighted by atomic mass is 35.5. The molecule has 0 spiro atoms. The summed E-state index contributed by atoms with van der Waals surface area (Å²) in [5.41, 5.74) is 4.63. The molecule has 2 aliphatic carbocycles. The molecule has 4 aromatic rings. The van der Waals surface area contributed by atoms with Crippen LogP contribution in [0, 0.1) is 17.6 Å². The summed E-state index contributed by atoms with van der Waals surface area (Å²) >= 11 is 5.80. The standard InChI is InChI=1S/C32H32ClF2N5O5/c1-3-45-30-16(11-27(36)41)10-26(38-29(30)21-12-24(35)22(33)13-23(21)34)32(43,19-4-5-19)15-37-31(42)17-8-18-14-40(20-6-7-20)39-28(18)25(9-17)44-2/h8-10,12-14,19-20,43H,3-7,11,15H2,1-2H3,(H2,36,41)(H,37,42)/t32-/m1/s1. The number of nitrogens with zero attached hydrogens (tertiary/aromatic N) is 3. The number of carbonyl (C=O) groups excluding carboxylic acids is 2. The van der Waals surface area contributed by atoms with Crippen molar-refractivity contribution >= 4 is 34.3 Å². The topological polar surface area (TPSA) is 142 Å². The largest absolute Gasteiger partial charge is 0.494 e. The quantitative estimate of drug-likeness (QED) is 0.189. The van der Waals surface area contributed by atoms with E-state index in [0.717, 1.165) is 30.4 Å². The molecule has 0 radical (unpaired) electrons. The second kappa shape index (κ2) is 11.9. The first-order valence-corrected chi connectivity index (χ1v) is 15.1. The van der Waals surface area contributed by atoms with Crippen molar-refractivity contribution in [3.05, 3.63) is 70.0 Å². The first-order chi connectivity index (χ1) is 21.5. The third kappa shape index (κ3) is 6.04. The maximum atomic E-state index is 15.2. The Labute approximate surface area is 262 Å². The predicted octanol–water partition coefficient (Wildman–Crippen LogP) is 4.83. The molecule has 2 heterocycles. The van der Waals surface area contributed by atoms with Crippen LogP contribution < -0.4 is 20.5 Å². The minimum Gasteiger partial charge on any atom is -0.494 e. The molecule has 2 aromatic carbocycles. The lowest BCUT2D eigenvalue weighted by atomic mass is 9.90. The monoisotopic (exact) mass is 639 g/mol. The van der Waals surface area contributed by atoms with Gasteiger partial charge in [0.15, 0.2) is 0 Å². The van der Waals surface area contributed by atoms with Gasteiger partial charge in [-0.2, -0.15) is 5.10 Å². The summed E-state index contributed by atoms with van der Waals surface area (Å²) in [6.45, 7) is 1.55. The zero-order valence-corrected chi connectivity index (χ0v) is 25.5. The van der Waals surface area contributed by atoms with Crippen molar-refractivity contribution in [2.24, 2.45) is 11.7 Å². The van der Waals surface area contributed by atoms with Gasteiger partial charge in [0.2, 0.25) is 5.91 Å². The van der Waals surface area contributed by atoms with Crippen molar-refractivity contribution in [1.82, 2.24) is 20.1 Å². The van der Waals surface area contributed by atoms with Gasteiger partial charge in [-0.15, -0.1) is 0 Å². The van der Waals surface area contributed by atoms with Gasteiger partial charge < -0.3 is 25.6 Å². The number of hydrogen-bond donors (Lipinski definition) is 3. The molecule has 45 heavy (non-hydrogen) atoms. The van der Waals surface area contributed by atoms with Crippen molar-refractivity contribution in [3.63, 3.8) is 0 Å².